The zero-order chi connectivity index (χ0) is 19.8. The standard InChI is InChI=1S/C21H27N3O3S/c1-27-21(26)20-18(10-16-28-20)22-19(25)9-5-6-11-23-12-14-24(15-13-23)17-7-3-2-4-8-17/h2-4,7-8,10,16H,5-6,9,11-15H2,1H3,(H,22,25). The van der Waals surface area contributed by atoms with E-state index >= 15 is 0 Å². The zero-order valence-corrected chi connectivity index (χ0v) is 17.0. The van der Waals surface area contributed by atoms with Gasteiger partial charge in [-0.15, -0.1) is 11.3 Å². The minimum atomic E-state index is -0.417. The number of nitrogens with one attached hydrogen (secondary N) is 1. The van der Waals surface area contributed by atoms with E-state index in [4.69, 9.17) is 4.74 Å². The van der Waals surface area contributed by atoms with Crippen molar-refractivity contribution < 1.29 is 14.3 Å². The van der Waals surface area contributed by atoms with Crippen LogP contribution in [0.5, 0.6) is 0 Å². The summed E-state index contributed by atoms with van der Waals surface area (Å²) in [6.45, 7) is 5.21. The van der Waals surface area contributed by atoms with Gasteiger partial charge in [0.05, 0.1) is 12.8 Å². The number of hydrogen-bond donors (Lipinski definition) is 1. The maximum atomic E-state index is 12.1. The first-order valence-corrected chi connectivity index (χ1v) is 10.5. The highest BCUT2D eigenvalue weighted by atomic mass is 32.1. The first kappa shape index (κ1) is 20.4. The third kappa shape index (κ3) is 5.56. The molecule has 2 aromatic rings. The number of unbranched alkanes of at least 4 members (excludes halogenated alkanes) is 1. The van der Waals surface area contributed by atoms with Gasteiger partial charge >= 0.3 is 5.97 Å². The molecule has 1 amide bonds. The summed E-state index contributed by atoms with van der Waals surface area (Å²) in [5, 5.41) is 4.59. The number of piperazine rings is 1. The lowest BCUT2D eigenvalue weighted by Gasteiger charge is -2.36. The molecule has 1 aliphatic rings. The highest BCUT2D eigenvalue weighted by Gasteiger charge is 2.17. The van der Waals surface area contributed by atoms with Crippen LogP contribution in [-0.2, 0) is 9.53 Å². The minimum absolute atomic E-state index is 0.0579. The van der Waals surface area contributed by atoms with E-state index in [1.54, 1.807) is 11.4 Å². The van der Waals surface area contributed by atoms with E-state index in [0.717, 1.165) is 45.6 Å². The van der Waals surface area contributed by atoms with Gasteiger partial charge in [-0.05, 0) is 43.0 Å². The summed E-state index contributed by atoms with van der Waals surface area (Å²) in [7, 11) is 1.34. The van der Waals surface area contributed by atoms with Crippen LogP contribution in [0, 0.1) is 0 Å². The highest BCUT2D eigenvalue weighted by Crippen LogP contribution is 2.23. The van der Waals surface area contributed by atoms with Gasteiger partial charge in [-0.2, -0.15) is 0 Å². The van der Waals surface area contributed by atoms with Gasteiger partial charge in [0, 0.05) is 38.3 Å². The largest absolute Gasteiger partial charge is 0.465 e. The Morgan fingerprint density at radius 1 is 1.07 bits per heavy atom. The van der Waals surface area contributed by atoms with Gasteiger partial charge in [0.25, 0.3) is 0 Å². The van der Waals surface area contributed by atoms with Gasteiger partial charge in [0.1, 0.15) is 4.88 Å². The number of thiophene rings is 1. The fourth-order valence-corrected chi connectivity index (χ4v) is 4.13. The summed E-state index contributed by atoms with van der Waals surface area (Å²) in [6.07, 6.45) is 2.29. The first-order chi connectivity index (χ1) is 13.7. The molecular weight excluding hydrogens is 374 g/mol. The third-order valence-electron chi connectivity index (χ3n) is 4.93. The number of rotatable bonds is 8. The molecule has 28 heavy (non-hydrogen) atoms. The van der Waals surface area contributed by atoms with Crippen molar-refractivity contribution in [1.82, 2.24) is 4.90 Å². The van der Waals surface area contributed by atoms with Crippen LogP contribution < -0.4 is 10.2 Å². The lowest BCUT2D eigenvalue weighted by atomic mass is 10.2. The molecule has 1 fully saturated rings. The molecule has 1 N–H and O–H groups in total. The summed E-state index contributed by atoms with van der Waals surface area (Å²) in [6, 6.07) is 12.3. The van der Waals surface area contributed by atoms with Crippen molar-refractivity contribution in [1.29, 1.82) is 0 Å². The van der Waals surface area contributed by atoms with Gasteiger partial charge in [0.15, 0.2) is 0 Å². The van der Waals surface area contributed by atoms with Crippen molar-refractivity contribution in [3.63, 3.8) is 0 Å². The number of carbonyl (C=O) groups excluding carboxylic acids is 2. The number of ether oxygens (including phenoxy) is 1. The molecule has 0 saturated carbocycles. The maximum absolute atomic E-state index is 12.1. The number of amides is 1. The molecule has 0 atom stereocenters. The minimum Gasteiger partial charge on any atom is -0.465 e. The molecule has 1 aromatic carbocycles. The Morgan fingerprint density at radius 2 is 1.82 bits per heavy atom. The van der Waals surface area contributed by atoms with Crippen LogP contribution in [0.15, 0.2) is 41.8 Å². The Bertz CT molecular complexity index is 770. The van der Waals surface area contributed by atoms with Crippen LogP contribution >= 0.6 is 11.3 Å². The predicted octanol–water partition coefficient (Wildman–Crippen LogP) is 3.47. The molecule has 0 bridgehead atoms. The third-order valence-corrected chi connectivity index (χ3v) is 5.83. The summed E-state index contributed by atoms with van der Waals surface area (Å²) in [5.74, 6) is -0.475. The molecule has 6 nitrogen and oxygen atoms in total. The quantitative estimate of drug-likeness (QED) is 0.542. The van der Waals surface area contributed by atoms with Crippen molar-refractivity contribution in [3.8, 4) is 0 Å². The molecule has 0 aliphatic carbocycles. The lowest BCUT2D eigenvalue weighted by molar-refractivity contribution is -0.116. The Kier molecular flexibility index (Phi) is 7.45. The molecule has 0 radical (unpaired) electrons. The van der Waals surface area contributed by atoms with Gasteiger partial charge in [-0.3, -0.25) is 9.69 Å². The molecule has 2 heterocycles. The predicted molar refractivity (Wildman–Crippen MR) is 113 cm³/mol. The molecule has 150 valence electrons. The van der Waals surface area contributed by atoms with E-state index in [1.807, 2.05) is 6.07 Å². The second kappa shape index (κ2) is 10.2. The van der Waals surface area contributed by atoms with Crippen LogP contribution in [0.4, 0.5) is 11.4 Å². The number of esters is 1. The summed E-state index contributed by atoms with van der Waals surface area (Å²) >= 11 is 1.27. The monoisotopic (exact) mass is 401 g/mol. The second-order valence-corrected chi connectivity index (χ2v) is 7.74. The van der Waals surface area contributed by atoms with E-state index in [-0.39, 0.29) is 5.91 Å². The molecule has 1 aliphatic heterocycles. The van der Waals surface area contributed by atoms with Gasteiger partial charge in [-0.1, -0.05) is 18.2 Å². The smallest absolute Gasteiger partial charge is 0.350 e. The normalized spacial score (nSPS) is 14.7. The number of carbonyl (C=O) groups is 2. The Balaban J connectivity index is 1.33. The van der Waals surface area contributed by atoms with Crippen molar-refractivity contribution in [2.45, 2.75) is 19.3 Å². The van der Waals surface area contributed by atoms with Crippen LogP contribution in [0.3, 0.4) is 0 Å². The summed E-state index contributed by atoms with van der Waals surface area (Å²) < 4.78 is 4.73. The number of para-hydroxylation sites is 1. The van der Waals surface area contributed by atoms with Gasteiger partial charge in [0.2, 0.25) is 5.91 Å². The van der Waals surface area contributed by atoms with Crippen molar-refractivity contribution in [2.75, 3.05) is 50.1 Å². The molecule has 0 spiro atoms. The van der Waals surface area contributed by atoms with E-state index < -0.39 is 5.97 Å². The van der Waals surface area contributed by atoms with Crippen LogP contribution in [-0.4, -0.2) is 56.6 Å². The molecule has 7 heteroatoms. The molecule has 3 rings (SSSR count). The molecule has 1 saturated heterocycles. The number of benzene rings is 1. The fraction of sp³-hybridized carbons (Fsp3) is 0.429. The molecule has 0 unspecified atom stereocenters. The Labute approximate surface area is 170 Å². The number of hydrogen-bond acceptors (Lipinski definition) is 6. The van der Waals surface area contributed by atoms with Crippen LogP contribution in [0.2, 0.25) is 0 Å². The molecular formula is C21H27N3O3S. The topological polar surface area (TPSA) is 61.9 Å². The summed E-state index contributed by atoms with van der Waals surface area (Å²) in [5.41, 5.74) is 1.83. The van der Waals surface area contributed by atoms with E-state index in [9.17, 15) is 9.59 Å². The number of methoxy groups -OCH3 is 1. The Hall–Kier alpha value is -2.38. The molecule has 1 aromatic heterocycles. The van der Waals surface area contributed by atoms with Crippen LogP contribution in [0.25, 0.3) is 0 Å². The second-order valence-electron chi connectivity index (χ2n) is 6.82. The SMILES string of the molecule is COC(=O)c1sccc1NC(=O)CCCCN1CCN(c2ccccc2)CC1. The van der Waals surface area contributed by atoms with Crippen molar-refractivity contribution in [3.05, 3.63) is 46.7 Å². The average Bonchev–Trinajstić information content (AvgIpc) is 3.20. The number of nitrogens with zero attached hydrogens (tertiary/aromatic N) is 2. The van der Waals surface area contributed by atoms with Crippen LogP contribution in [0.1, 0.15) is 28.9 Å². The maximum Gasteiger partial charge on any atom is 0.350 e. The lowest BCUT2D eigenvalue weighted by Crippen LogP contribution is -2.46. The van der Waals surface area contributed by atoms with Crippen molar-refractivity contribution in [2.24, 2.45) is 0 Å². The van der Waals surface area contributed by atoms with Crippen molar-refractivity contribution >= 4 is 34.6 Å². The number of anilines is 2. The van der Waals surface area contributed by atoms with E-state index in [0.29, 0.717) is 17.0 Å². The van der Waals surface area contributed by atoms with E-state index in [1.165, 1.54) is 24.1 Å². The average molecular weight is 402 g/mol. The van der Waals surface area contributed by atoms with E-state index in [2.05, 4.69) is 39.4 Å². The Morgan fingerprint density at radius 3 is 2.54 bits per heavy atom. The fourth-order valence-electron chi connectivity index (χ4n) is 3.36. The highest BCUT2D eigenvalue weighted by molar-refractivity contribution is 7.12. The van der Waals surface area contributed by atoms with Gasteiger partial charge < -0.3 is 15.0 Å². The van der Waals surface area contributed by atoms with Gasteiger partial charge in [-0.25, -0.2) is 4.79 Å². The zero-order valence-electron chi connectivity index (χ0n) is 16.2. The first-order valence-electron chi connectivity index (χ1n) is 9.65. The summed E-state index contributed by atoms with van der Waals surface area (Å²) in [4.78, 5) is 29.1.